The molecule has 2 heterocycles. The van der Waals surface area contributed by atoms with Gasteiger partial charge in [0.2, 0.25) is 0 Å². The topological polar surface area (TPSA) is 18.5 Å². The predicted octanol–water partition coefficient (Wildman–Crippen LogP) is 5.85. The van der Waals surface area contributed by atoms with Gasteiger partial charge in [-0.15, -0.1) is 0 Å². The fraction of sp³-hybridized carbons (Fsp3) is 0.724. The first-order valence-corrected chi connectivity index (χ1v) is 13.0. The molecule has 0 spiro atoms. The summed E-state index contributed by atoms with van der Waals surface area (Å²) in [5.41, 5.74) is 4.91. The van der Waals surface area contributed by atoms with Gasteiger partial charge in [0.05, 0.1) is 0 Å². The van der Waals surface area contributed by atoms with Crippen LogP contribution < -0.4 is 5.32 Å². The third-order valence-electron chi connectivity index (χ3n) is 8.28. The van der Waals surface area contributed by atoms with Gasteiger partial charge in [-0.2, -0.15) is 0 Å². The van der Waals surface area contributed by atoms with Crippen LogP contribution in [0.1, 0.15) is 78.4 Å². The van der Waals surface area contributed by atoms with Crippen molar-refractivity contribution >= 4 is 0 Å². The van der Waals surface area contributed by atoms with E-state index in [4.69, 9.17) is 0 Å². The summed E-state index contributed by atoms with van der Waals surface area (Å²) in [5.74, 6) is 0.763. The van der Waals surface area contributed by atoms with Gasteiger partial charge in [-0.25, -0.2) is 0 Å². The first-order chi connectivity index (χ1) is 15.0. The van der Waals surface area contributed by atoms with Crippen LogP contribution in [-0.4, -0.2) is 55.1 Å². The lowest BCUT2D eigenvalue weighted by Crippen LogP contribution is -2.63. The Kier molecular flexibility index (Phi) is 8.15. The average molecular weight is 440 g/mol. The van der Waals surface area contributed by atoms with Crippen molar-refractivity contribution in [2.45, 2.75) is 91.1 Å². The molecule has 1 aromatic carbocycles. The van der Waals surface area contributed by atoms with E-state index in [1.165, 1.54) is 37.1 Å². The number of rotatable bonds is 7. The van der Waals surface area contributed by atoms with E-state index in [1.807, 2.05) is 0 Å². The normalized spacial score (nSPS) is 28.2. The standard InChI is InChI=1S/C29H49N3/c1-9-25-12-10-11-13-26(25)29(7)16-19-31(8)23(3)27(29)30-21-24-14-17-32(18-15-24)22(2)20-28(4,5)6/h10-13,23-24,27,30H,2,9,14-21H2,1,3-8H3/t23?,27-,29+/m0/s1. The first kappa shape index (κ1) is 25.3. The number of piperidine rings is 2. The quantitative estimate of drug-likeness (QED) is 0.575. The Balaban J connectivity index is 1.65. The second kappa shape index (κ2) is 10.3. The number of nitrogens with one attached hydrogen (secondary N) is 1. The molecule has 1 N–H and O–H groups in total. The number of hydrogen-bond donors (Lipinski definition) is 1. The molecule has 2 saturated heterocycles. The van der Waals surface area contributed by atoms with E-state index in [9.17, 15) is 0 Å². The summed E-state index contributed by atoms with van der Waals surface area (Å²) >= 11 is 0. The monoisotopic (exact) mass is 439 g/mol. The minimum absolute atomic E-state index is 0.181. The molecule has 3 atom stereocenters. The predicted molar refractivity (Wildman–Crippen MR) is 139 cm³/mol. The van der Waals surface area contributed by atoms with Gasteiger partial charge in [0, 0.05) is 36.3 Å². The fourth-order valence-electron chi connectivity index (χ4n) is 6.11. The van der Waals surface area contributed by atoms with E-state index in [-0.39, 0.29) is 5.41 Å². The fourth-order valence-corrected chi connectivity index (χ4v) is 6.11. The SMILES string of the molecule is C=C(CC(C)(C)C)N1CCC(CN[C@H]2C(C)N(C)CC[C@]2(C)c2ccccc2CC)CC1. The minimum atomic E-state index is 0.181. The van der Waals surface area contributed by atoms with Crippen LogP contribution in [0.5, 0.6) is 0 Å². The summed E-state index contributed by atoms with van der Waals surface area (Å²) < 4.78 is 0. The van der Waals surface area contributed by atoms with E-state index >= 15 is 0 Å². The molecule has 3 rings (SSSR count). The van der Waals surface area contributed by atoms with Crippen LogP contribution in [0.3, 0.4) is 0 Å². The molecule has 180 valence electrons. The number of hydrogen-bond acceptors (Lipinski definition) is 3. The zero-order chi connectivity index (χ0) is 23.5. The van der Waals surface area contributed by atoms with Crippen molar-refractivity contribution in [2.75, 3.05) is 33.2 Å². The molecule has 0 aliphatic carbocycles. The Morgan fingerprint density at radius 3 is 2.44 bits per heavy atom. The molecule has 2 aliphatic rings. The largest absolute Gasteiger partial charge is 0.375 e. The highest BCUT2D eigenvalue weighted by atomic mass is 15.2. The molecule has 0 saturated carbocycles. The number of likely N-dealkylation sites (tertiary alicyclic amines) is 2. The van der Waals surface area contributed by atoms with Gasteiger partial charge in [-0.3, -0.25) is 0 Å². The highest BCUT2D eigenvalue weighted by molar-refractivity contribution is 5.37. The summed E-state index contributed by atoms with van der Waals surface area (Å²) in [4.78, 5) is 5.09. The van der Waals surface area contributed by atoms with Gasteiger partial charge in [0.15, 0.2) is 0 Å². The number of allylic oxidation sites excluding steroid dienone is 1. The second-order valence-electron chi connectivity index (χ2n) is 12.0. The molecule has 2 aliphatic heterocycles. The molecule has 3 nitrogen and oxygen atoms in total. The Labute approximate surface area is 198 Å². The summed E-state index contributed by atoms with van der Waals surface area (Å²) in [6.07, 6.45) is 5.97. The van der Waals surface area contributed by atoms with Crippen LogP contribution in [0.15, 0.2) is 36.5 Å². The van der Waals surface area contributed by atoms with E-state index in [1.54, 1.807) is 5.56 Å². The molecule has 0 radical (unpaired) electrons. The number of likely N-dealkylation sites (N-methyl/N-ethyl adjacent to an activating group) is 1. The van der Waals surface area contributed by atoms with E-state index in [2.05, 4.69) is 94.6 Å². The van der Waals surface area contributed by atoms with Crippen molar-refractivity contribution in [3.05, 3.63) is 47.7 Å². The van der Waals surface area contributed by atoms with E-state index in [0.717, 1.165) is 38.4 Å². The van der Waals surface area contributed by atoms with Gasteiger partial charge >= 0.3 is 0 Å². The van der Waals surface area contributed by atoms with Crippen molar-refractivity contribution in [1.29, 1.82) is 0 Å². The van der Waals surface area contributed by atoms with Crippen molar-refractivity contribution in [2.24, 2.45) is 11.3 Å². The van der Waals surface area contributed by atoms with Crippen molar-refractivity contribution in [3.63, 3.8) is 0 Å². The van der Waals surface area contributed by atoms with Crippen LogP contribution in [0.25, 0.3) is 0 Å². The Bertz CT molecular complexity index is 756. The molecule has 1 unspecified atom stereocenters. The van der Waals surface area contributed by atoms with Gasteiger partial charge in [0.25, 0.3) is 0 Å². The molecular weight excluding hydrogens is 390 g/mol. The zero-order valence-corrected chi connectivity index (χ0v) is 22.0. The molecule has 0 bridgehead atoms. The van der Waals surface area contributed by atoms with Gasteiger partial charge < -0.3 is 15.1 Å². The maximum Gasteiger partial charge on any atom is 0.0315 e. The van der Waals surface area contributed by atoms with Crippen molar-refractivity contribution in [1.82, 2.24) is 15.1 Å². The smallest absolute Gasteiger partial charge is 0.0315 e. The molecule has 32 heavy (non-hydrogen) atoms. The van der Waals surface area contributed by atoms with E-state index in [0.29, 0.717) is 17.5 Å². The van der Waals surface area contributed by atoms with Crippen LogP contribution >= 0.6 is 0 Å². The Morgan fingerprint density at radius 2 is 1.81 bits per heavy atom. The van der Waals surface area contributed by atoms with Gasteiger partial charge in [0.1, 0.15) is 0 Å². The van der Waals surface area contributed by atoms with Crippen LogP contribution in [0, 0.1) is 11.3 Å². The lowest BCUT2D eigenvalue weighted by Gasteiger charge is -2.51. The van der Waals surface area contributed by atoms with Crippen LogP contribution in [0.4, 0.5) is 0 Å². The van der Waals surface area contributed by atoms with Crippen molar-refractivity contribution < 1.29 is 0 Å². The van der Waals surface area contributed by atoms with Crippen LogP contribution in [-0.2, 0) is 11.8 Å². The third-order valence-corrected chi connectivity index (χ3v) is 8.28. The maximum atomic E-state index is 4.40. The molecule has 1 aromatic rings. The summed E-state index contributed by atoms with van der Waals surface area (Å²) in [5, 5.41) is 4.11. The van der Waals surface area contributed by atoms with Gasteiger partial charge in [-0.1, -0.05) is 65.5 Å². The third kappa shape index (κ3) is 5.78. The zero-order valence-electron chi connectivity index (χ0n) is 22.0. The average Bonchev–Trinajstić information content (AvgIpc) is 2.75. The number of nitrogens with zero attached hydrogens (tertiary/aromatic N) is 2. The minimum Gasteiger partial charge on any atom is -0.375 e. The number of aryl methyl sites for hydroxylation is 1. The summed E-state index contributed by atoms with van der Waals surface area (Å²) in [7, 11) is 2.30. The number of benzene rings is 1. The molecule has 3 heteroatoms. The lowest BCUT2D eigenvalue weighted by molar-refractivity contribution is 0.0825. The lowest BCUT2D eigenvalue weighted by atomic mass is 9.66. The van der Waals surface area contributed by atoms with E-state index < -0.39 is 0 Å². The Morgan fingerprint density at radius 1 is 1.16 bits per heavy atom. The molecule has 0 amide bonds. The Hall–Kier alpha value is -1.32. The van der Waals surface area contributed by atoms with Crippen molar-refractivity contribution in [3.8, 4) is 0 Å². The first-order valence-electron chi connectivity index (χ1n) is 13.0. The summed E-state index contributed by atoms with van der Waals surface area (Å²) in [6.45, 7) is 23.2. The molecular formula is C29H49N3. The van der Waals surface area contributed by atoms with Crippen LogP contribution in [0.2, 0.25) is 0 Å². The molecule has 2 fully saturated rings. The second-order valence-corrected chi connectivity index (χ2v) is 12.0. The molecule has 0 aromatic heterocycles. The summed E-state index contributed by atoms with van der Waals surface area (Å²) in [6, 6.07) is 10.2. The maximum absolute atomic E-state index is 4.40. The highest BCUT2D eigenvalue weighted by Crippen LogP contribution is 2.40. The van der Waals surface area contributed by atoms with Gasteiger partial charge in [-0.05, 0) is 81.6 Å². The highest BCUT2D eigenvalue weighted by Gasteiger charge is 2.44.